The molecule has 0 aromatic heterocycles. The van der Waals surface area contributed by atoms with Crippen LogP contribution in [0.3, 0.4) is 0 Å². The van der Waals surface area contributed by atoms with E-state index in [9.17, 15) is 4.79 Å². The van der Waals surface area contributed by atoms with Gasteiger partial charge >= 0.3 is 0 Å². The van der Waals surface area contributed by atoms with Gasteiger partial charge in [0.25, 0.3) is 0 Å². The van der Waals surface area contributed by atoms with Gasteiger partial charge in [0.1, 0.15) is 0 Å². The van der Waals surface area contributed by atoms with Gasteiger partial charge in [-0.25, -0.2) is 0 Å². The monoisotopic (exact) mass is 247 g/mol. The van der Waals surface area contributed by atoms with E-state index in [0.717, 1.165) is 43.7 Å². The second-order valence-corrected chi connectivity index (χ2v) is 4.72. The first kappa shape index (κ1) is 12.7. The third kappa shape index (κ3) is 2.75. The van der Waals surface area contributed by atoms with Gasteiger partial charge in [-0.1, -0.05) is 19.4 Å². The molecule has 1 amide bonds. The van der Waals surface area contributed by atoms with Gasteiger partial charge in [0.05, 0.1) is 6.54 Å². The summed E-state index contributed by atoms with van der Waals surface area (Å²) in [7, 11) is 0. The average molecular weight is 247 g/mol. The molecular weight excluding hydrogens is 226 g/mol. The van der Waals surface area contributed by atoms with Gasteiger partial charge in [0.15, 0.2) is 0 Å². The Kier molecular flexibility index (Phi) is 4.07. The average Bonchev–Trinajstić information content (AvgIpc) is 2.74. The van der Waals surface area contributed by atoms with E-state index in [1.165, 1.54) is 5.56 Å². The predicted octanol–water partition coefficient (Wildman–Crippen LogP) is 1.55. The zero-order chi connectivity index (χ0) is 13.0. The molecule has 98 valence electrons. The minimum Gasteiger partial charge on any atom is -0.398 e. The van der Waals surface area contributed by atoms with Crippen molar-refractivity contribution in [2.45, 2.75) is 26.2 Å². The number of hydrogen-bond acceptors (Lipinski definition) is 3. The third-order valence-corrected chi connectivity index (χ3v) is 3.35. The molecule has 0 saturated heterocycles. The van der Waals surface area contributed by atoms with Crippen LogP contribution in [0.2, 0.25) is 0 Å². The van der Waals surface area contributed by atoms with Crippen molar-refractivity contribution >= 4 is 17.3 Å². The molecule has 0 atom stereocenters. The molecule has 1 aliphatic heterocycles. The normalized spacial score (nSPS) is 13.5. The number of benzene rings is 1. The van der Waals surface area contributed by atoms with Crippen LogP contribution in [-0.2, 0) is 11.2 Å². The minimum atomic E-state index is 0.0960. The van der Waals surface area contributed by atoms with Gasteiger partial charge in [-0.2, -0.15) is 0 Å². The molecule has 3 N–H and O–H groups in total. The van der Waals surface area contributed by atoms with Crippen molar-refractivity contribution in [2.75, 3.05) is 30.3 Å². The van der Waals surface area contributed by atoms with E-state index in [1.807, 2.05) is 18.2 Å². The second kappa shape index (κ2) is 5.76. The van der Waals surface area contributed by atoms with Crippen LogP contribution in [-0.4, -0.2) is 25.5 Å². The molecule has 0 unspecified atom stereocenters. The number of amides is 1. The summed E-state index contributed by atoms with van der Waals surface area (Å²) in [6, 6.07) is 5.91. The quantitative estimate of drug-likeness (QED) is 0.613. The molecule has 2 rings (SSSR count). The topological polar surface area (TPSA) is 58.4 Å². The maximum absolute atomic E-state index is 11.8. The summed E-state index contributed by atoms with van der Waals surface area (Å²) in [6.45, 7) is 4.20. The number of carbonyl (C=O) groups excluding carboxylic acids is 1. The number of anilines is 2. The maximum atomic E-state index is 11.8. The lowest BCUT2D eigenvalue weighted by Crippen LogP contribution is -2.36. The summed E-state index contributed by atoms with van der Waals surface area (Å²) in [5.74, 6) is 0.0960. The van der Waals surface area contributed by atoms with Crippen LogP contribution in [0.15, 0.2) is 18.2 Å². The molecule has 0 bridgehead atoms. The number of fused-ring (bicyclic) bond motifs is 1. The van der Waals surface area contributed by atoms with Crippen molar-refractivity contribution in [2.24, 2.45) is 0 Å². The van der Waals surface area contributed by atoms with E-state index in [4.69, 9.17) is 5.73 Å². The number of rotatable bonds is 5. The van der Waals surface area contributed by atoms with Crippen LogP contribution in [0, 0.1) is 0 Å². The molecule has 4 nitrogen and oxygen atoms in total. The number of unbranched alkanes of at least 4 members (excludes halogenated alkanes) is 1. The molecular formula is C14H21N3O. The van der Waals surface area contributed by atoms with Crippen LogP contribution in [0.4, 0.5) is 11.4 Å². The van der Waals surface area contributed by atoms with Gasteiger partial charge in [0, 0.05) is 30.0 Å². The number of nitrogens with one attached hydrogen (secondary N) is 1. The molecule has 18 heavy (non-hydrogen) atoms. The number of nitrogens with two attached hydrogens (primary N) is 1. The van der Waals surface area contributed by atoms with E-state index >= 15 is 0 Å². The molecule has 0 fully saturated rings. The molecule has 0 radical (unpaired) electrons. The number of carbonyl (C=O) groups is 1. The van der Waals surface area contributed by atoms with Gasteiger partial charge in [-0.15, -0.1) is 0 Å². The highest BCUT2D eigenvalue weighted by atomic mass is 16.2. The van der Waals surface area contributed by atoms with Gasteiger partial charge < -0.3 is 16.0 Å². The van der Waals surface area contributed by atoms with Crippen LogP contribution in [0.5, 0.6) is 0 Å². The summed E-state index contributed by atoms with van der Waals surface area (Å²) in [4.78, 5) is 13.9. The van der Waals surface area contributed by atoms with Crippen LogP contribution >= 0.6 is 0 Å². The Labute approximate surface area is 108 Å². The number of nitrogen functional groups attached to an aromatic ring is 1. The fourth-order valence-electron chi connectivity index (χ4n) is 2.33. The summed E-state index contributed by atoms with van der Waals surface area (Å²) in [6.07, 6.45) is 3.07. The lowest BCUT2D eigenvalue weighted by Gasteiger charge is -2.18. The first-order chi connectivity index (χ1) is 8.72. The molecule has 4 heteroatoms. The Morgan fingerprint density at radius 1 is 1.50 bits per heavy atom. The standard InChI is InChI=1S/C14H21N3O/c1-2-3-8-16-14(18)10-17-9-7-11-12(15)5-4-6-13(11)17/h4-6H,2-3,7-10,15H2,1H3,(H,16,18). The van der Waals surface area contributed by atoms with Crippen LogP contribution < -0.4 is 16.0 Å². The summed E-state index contributed by atoms with van der Waals surface area (Å²) in [5.41, 5.74) is 9.06. The van der Waals surface area contributed by atoms with E-state index in [-0.39, 0.29) is 5.91 Å². The summed E-state index contributed by atoms with van der Waals surface area (Å²) in [5, 5.41) is 2.94. The number of nitrogens with zero attached hydrogens (tertiary/aromatic N) is 1. The lowest BCUT2D eigenvalue weighted by atomic mass is 10.1. The van der Waals surface area contributed by atoms with Crippen LogP contribution in [0.25, 0.3) is 0 Å². The predicted molar refractivity (Wildman–Crippen MR) is 74.7 cm³/mol. The molecule has 1 heterocycles. The summed E-state index contributed by atoms with van der Waals surface area (Å²) >= 11 is 0. The Hall–Kier alpha value is -1.71. The zero-order valence-corrected chi connectivity index (χ0v) is 10.9. The fraction of sp³-hybridized carbons (Fsp3) is 0.500. The van der Waals surface area contributed by atoms with E-state index in [0.29, 0.717) is 6.54 Å². The summed E-state index contributed by atoms with van der Waals surface area (Å²) < 4.78 is 0. The third-order valence-electron chi connectivity index (χ3n) is 3.35. The first-order valence-corrected chi connectivity index (χ1v) is 6.61. The Balaban J connectivity index is 1.93. The van der Waals surface area contributed by atoms with Crippen molar-refractivity contribution in [1.82, 2.24) is 5.32 Å². The van der Waals surface area contributed by atoms with Crippen LogP contribution in [0.1, 0.15) is 25.3 Å². The zero-order valence-electron chi connectivity index (χ0n) is 10.9. The van der Waals surface area contributed by atoms with Crippen molar-refractivity contribution in [3.63, 3.8) is 0 Å². The molecule has 0 spiro atoms. The molecule has 1 aromatic carbocycles. The Morgan fingerprint density at radius 3 is 3.11 bits per heavy atom. The lowest BCUT2D eigenvalue weighted by molar-refractivity contribution is -0.119. The largest absolute Gasteiger partial charge is 0.398 e. The van der Waals surface area contributed by atoms with Crippen molar-refractivity contribution in [3.05, 3.63) is 23.8 Å². The van der Waals surface area contributed by atoms with Gasteiger partial charge in [-0.05, 0) is 25.0 Å². The molecule has 1 aliphatic rings. The Bertz CT molecular complexity index is 431. The van der Waals surface area contributed by atoms with E-state index < -0.39 is 0 Å². The highest BCUT2D eigenvalue weighted by Crippen LogP contribution is 2.31. The molecule has 1 aromatic rings. The first-order valence-electron chi connectivity index (χ1n) is 6.61. The highest BCUT2D eigenvalue weighted by Gasteiger charge is 2.22. The smallest absolute Gasteiger partial charge is 0.239 e. The van der Waals surface area contributed by atoms with Gasteiger partial charge in [0.2, 0.25) is 5.91 Å². The maximum Gasteiger partial charge on any atom is 0.239 e. The minimum absolute atomic E-state index is 0.0960. The molecule has 0 aliphatic carbocycles. The van der Waals surface area contributed by atoms with Crippen molar-refractivity contribution in [3.8, 4) is 0 Å². The van der Waals surface area contributed by atoms with Crippen molar-refractivity contribution < 1.29 is 4.79 Å². The van der Waals surface area contributed by atoms with E-state index in [1.54, 1.807) is 0 Å². The Morgan fingerprint density at radius 2 is 2.33 bits per heavy atom. The SMILES string of the molecule is CCCCNC(=O)CN1CCc2c(N)cccc21. The molecule has 0 saturated carbocycles. The van der Waals surface area contributed by atoms with Gasteiger partial charge in [-0.3, -0.25) is 4.79 Å². The fourth-order valence-corrected chi connectivity index (χ4v) is 2.33. The van der Waals surface area contributed by atoms with Crippen molar-refractivity contribution in [1.29, 1.82) is 0 Å². The van der Waals surface area contributed by atoms with E-state index in [2.05, 4.69) is 17.1 Å². The number of hydrogen-bond donors (Lipinski definition) is 2. The second-order valence-electron chi connectivity index (χ2n) is 4.72. The highest BCUT2D eigenvalue weighted by molar-refractivity contribution is 5.83.